The van der Waals surface area contributed by atoms with E-state index >= 15 is 0 Å². The monoisotopic (exact) mass is 233 g/mol. The zero-order valence-electron chi connectivity index (χ0n) is 8.63. The Morgan fingerprint density at radius 2 is 2.12 bits per heavy atom. The number of hydrogen-bond acceptors (Lipinski definition) is 4. The normalized spacial score (nSPS) is 10.0. The van der Waals surface area contributed by atoms with Crippen molar-refractivity contribution in [2.45, 2.75) is 12.8 Å². The van der Waals surface area contributed by atoms with Crippen molar-refractivity contribution < 1.29 is 9.53 Å². The van der Waals surface area contributed by atoms with E-state index in [0.29, 0.717) is 18.0 Å². The smallest absolute Gasteiger partial charge is 0.313 e. The molecule has 4 heteroatoms. The minimum absolute atomic E-state index is 0.237. The topological polar surface area (TPSA) is 39.2 Å². The molecule has 0 saturated carbocycles. The van der Waals surface area contributed by atoms with E-state index in [9.17, 15) is 4.79 Å². The molecule has 82 valence electrons. The number of aryl methyl sites for hydroxylation is 1. The molecule has 2 aromatic rings. The number of thiazole rings is 1. The van der Waals surface area contributed by atoms with Crippen LogP contribution in [-0.4, -0.2) is 11.0 Å². The first kappa shape index (κ1) is 10.8. The Kier molecular flexibility index (Phi) is 3.66. The van der Waals surface area contributed by atoms with Crippen LogP contribution in [0, 0.1) is 0 Å². The lowest BCUT2D eigenvalue weighted by Gasteiger charge is -2.00. The van der Waals surface area contributed by atoms with Gasteiger partial charge in [0.1, 0.15) is 0 Å². The van der Waals surface area contributed by atoms with Gasteiger partial charge in [-0.05, 0) is 12.0 Å². The van der Waals surface area contributed by atoms with E-state index in [2.05, 4.69) is 4.98 Å². The quantitative estimate of drug-likeness (QED) is 0.762. The van der Waals surface area contributed by atoms with Crippen LogP contribution in [0.2, 0.25) is 0 Å². The third-order valence-electron chi connectivity index (χ3n) is 2.07. The molecule has 1 heterocycles. The van der Waals surface area contributed by atoms with Crippen molar-refractivity contribution in [3.63, 3.8) is 0 Å². The van der Waals surface area contributed by atoms with E-state index in [-0.39, 0.29) is 5.97 Å². The molecular weight excluding hydrogens is 222 g/mol. The van der Waals surface area contributed by atoms with Gasteiger partial charge >= 0.3 is 5.97 Å². The van der Waals surface area contributed by atoms with Crippen molar-refractivity contribution in [3.8, 4) is 5.19 Å². The summed E-state index contributed by atoms with van der Waals surface area (Å²) >= 11 is 1.32. The lowest BCUT2D eigenvalue weighted by atomic mass is 10.1. The van der Waals surface area contributed by atoms with Gasteiger partial charge in [-0.15, -0.1) is 0 Å². The molecule has 1 aromatic carbocycles. The highest BCUT2D eigenvalue weighted by Crippen LogP contribution is 2.14. The second kappa shape index (κ2) is 5.42. The second-order valence-electron chi connectivity index (χ2n) is 3.26. The summed E-state index contributed by atoms with van der Waals surface area (Å²) in [5.41, 5.74) is 1.14. The van der Waals surface area contributed by atoms with Crippen LogP contribution in [0.5, 0.6) is 5.19 Å². The maximum absolute atomic E-state index is 11.4. The van der Waals surface area contributed by atoms with Gasteiger partial charge in [0.25, 0.3) is 5.19 Å². The summed E-state index contributed by atoms with van der Waals surface area (Å²) < 4.78 is 5.04. The minimum Gasteiger partial charge on any atom is -0.398 e. The van der Waals surface area contributed by atoms with Crippen molar-refractivity contribution in [1.29, 1.82) is 0 Å². The van der Waals surface area contributed by atoms with Gasteiger partial charge < -0.3 is 4.74 Å². The molecule has 1 aromatic heterocycles. The van der Waals surface area contributed by atoms with Gasteiger partial charge in [-0.1, -0.05) is 41.7 Å². The summed E-state index contributed by atoms with van der Waals surface area (Å²) in [4.78, 5) is 15.3. The Morgan fingerprint density at radius 3 is 2.81 bits per heavy atom. The Hall–Kier alpha value is -1.68. The molecule has 0 aliphatic rings. The summed E-state index contributed by atoms with van der Waals surface area (Å²) in [7, 11) is 0. The van der Waals surface area contributed by atoms with E-state index in [4.69, 9.17) is 4.74 Å². The summed E-state index contributed by atoms with van der Waals surface area (Å²) in [6.07, 6.45) is 2.69. The fourth-order valence-corrected chi connectivity index (χ4v) is 1.80. The number of hydrogen-bond donors (Lipinski definition) is 0. The van der Waals surface area contributed by atoms with E-state index in [0.717, 1.165) is 5.56 Å². The molecule has 0 atom stereocenters. The number of nitrogens with zero attached hydrogens (tertiary/aromatic N) is 1. The first-order chi connectivity index (χ1) is 7.84. The van der Waals surface area contributed by atoms with Gasteiger partial charge in [0, 0.05) is 11.6 Å². The molecule has 0 N–H and O–H groups in total. The third kappa shape index (κ3) is 3.17. The van der Waals surface area contributed by atoms with Crippen LogP contribution in [0.1, 0.15) is 12.0 Å². The van der Waals surface area contributed by atoms with Gasteiger partial charge in [-0.25, -0.2) is 4.98 Å². The Labute approximate surface area is 97.7 Å². The van der Waals surface area contributed by atoms with Crippen LogP contribution in [0.25, 0.3) is 0 Å². The van der Waals surface area contributed by atoms with E-state index in [1.807, 2.05) is 30.3 Å². The number of carbonyl (C=O) groups is 1. The molecule has 0 fully saturated rings. The van der Waals surface area contributed by atoms with Gasteiger partial charge in [0.15, 0.2) is 0 Å². The Bertz CT molecular complexity index is 439. The maximum Gasteiger partial charge on any atom is 0.313 e. The molecule has 3 nitrogen and oxygen atoms in total. The number of rotatable bonds is 4. The molecule has 2 rings (SSSR count). The van der Waals surface area contributed by atoms with Crippen LogP contribution < -0.4 is 4.74 Å². The SMILES string of the molecule is O=C(CCc1ccccc1)Oc1nccs1. The summed E-state index contributed by atoms with van der Waals surface area (Å²) in [5, 5.41) is 2.19. The van der Waals surface area contributed by atoms with Crippen LogP contribution >= 0.6 is 11.3 Å². The van der Waals surface area contributed by atoms with Gasteiger partial charge in [-0.2, -0.15) is 0 Å². The molecule has 16 heavy (non-hydrogen) atoms. The zero-order chi connectivity index (χ0) is 11.2. The number of carbonyl (C=O) groups excluding carboxylic acids is 1. The predicted molar refractivity (Wildman–Crippen MR) is 62.5 cm³/mol. The Morgan fingerprint density at radius 1 is 1.31 bits per heavy atom. The van der Waals surface area contributed by atoms with E-state index < -0.39 is 0 Å². The van der Waals surface area contributed by atoms with Crippen LogP contribution in [-0.2, 0) is 11.2 Å². The lowest BCUT2D eigenvalue weighted by molar-refractivity contribution is -0.134. The highest BCUT2D eigenvalue weighted by molar-refractivity contribution is 7.11. The molecular formula is C12H11NO2S. The van der Waals surface area contributed by atoms with Crippen molar-refractivity contribution in [1.82, 2.24) is 4.98 Å². The molecule has 0 aliphatic heterocycles. The van der Waals surface area contributed by atoms with Crippen molar-refractivity contribution in [3.05, 3.63) is 47.5 Å². The third-order valence-corrected chi connectivity index (χ3v) is 2.72. The molecule has 0 saturated heterocycles. The van der Waals surface area contributed by atoms with Crippen LogP contribution in [0.3, 0.4) is 0 Å². The number of esters is 1. The lowest BCUT2D eigenvalue weighted by Crippen LogP contribution is -2.08. The second-order valence-corrected chi connectivity index (χ2v) is 4.11. The van der Waals surface area contributed by atoms with Gasteiger partial charge in [0.05, 0.1) is 6.42 Å². The summed E-state index contributed by atoms with van der Waals surface area (Å²) in [5.74, 6) is -0.237. The first-order valence-electron chi connectivity index (χ1n) is 4.99. The average Bonchev–Trinajstić information content (AvgIpc) is 2.81. The molecule has 0 aliphatic carbocycles. The maximum atomic E-state index is 11.4. The zero-order valence-corrected chi connectivity index (χ0v) is 9.44. The fourth-order valence-electron chi connectivity index (χ4n) is 1.30. The Balaban J connectivity index is 1.80. The van der Waals surface area contributed by atoms with Gasteiger partial charge in [-0.3, -0.25) is 4.79 Å². The standard InChI is InChI=1S/C12H11NO2S/c14-11(15-12-13-8-9-16-12)7-6-10-4-2-1-3-5-10/h1-5,8-9H,6-7H2. The number of aromatic nitrogens is 1. The summed E-state index contributed by atoms with van der Waals surface area (Å²) in [6, 6.07) is 9.87. The highest BCUT2D eigenvalue weighted by Gasteiger charge is 2.06. The van der Waals surface area contributed by atoms with Crippen molar-refractivity contribution in [2.75, 3.05) is 0 Å². The summed E-state index contributed by atoms with van der Waals surface area (Å²) in [6.45, 7) is 0. The van der Waals surface area contributed by atoms with Gasteiger partial charge in [0.2, 0.25) is 0 Å². The van der Waals surface area contributed by atoms with E-state index in [1.54, 1.807) is 11.6 Å². The predicted octanol–water partition coefficient (Wildman–Crippen LogP) is 2.68. The first-order valence-corrected chi connectivity index (χ1v) is 5.86. The van der Waals surface area contributed by atoms with Crippen molar-refractivity contribution >= 4 is 17.3 Å². The average molecular weight is 233 g/mol. The fraction of sp³-hybridized carbons (Fsp3) is 0.167. The molecule has 0 bridgehead atoms. The largest absolute Gasteiger partial charge is 0.398 e. The van der Waals surface area contributed by atoms with Crippen LogP contribution in [0.15, 0.2) is 41.9 Å². The molecule has 0 radical (unpaired) electrons. The molecule has 0 unspecified atom stereocenters. The highest BCUT2D eigenvalue weighted by atomic mass is 32.1. The molecule has 0 amide bonds. The van der Waals surface area contributed by atoms with Crippen molar-refractivity contribution in [2.24, 2.45) is 0 Å². The minimum atomic E-state index is -0.237. The number of benzene rings is 1. The number of ether oxygens (including phenoxy) is 1. The van der Waals surface area contributed by atoms with Crippen LogP contribution in [0.4, 0.5) is 0 Å². The molecule has 0 spiro atoms. The van der Waals surface area contributed by atoms with E-state index in [1.165, 1.54) is 11.3 Å².